The lowest BCUT2D eigenvalue weighted by atomic mass is 9.76. The first-order valence-corrected chi connectivity index (χ1v) is 9.92. The lowest BCUT2D eigenvalue weighted by Crippen LogP contribution is -2.38. The summed E-state index contributed by atoms with van der Waals surface area (Å²) in [5.41, 5.74) is 7.71. The van der Waals surface area contributed by atoms with Gasteiger partial charge in [0.2, 0.25) is 0 Å². The van der Waals surface area contributed by atoms with Crippen LogP contribution >= 0.6 is 11.3 Å². The fraction of sp³-hybridized carbons (Fsp3) is 0.238. The number of halogens is 3. The maximum absolute atomic E-state index is 13.2. The van der Waals surface area contributed by atoms with E-state index in [1.54, 1.807) is 0 Å². The highest BCUT2D eigenvalue weighted by Crippen LogP contribution is 2.47. The molecule has 1 aromatic carbocycles. The summed E-state index contributed by atoms with van der Waals surface area (Å²) in [6.07, 6.45) is -3.09. The third kappa shape index (κ3) is 3.21. The van der Waals surface area contributed by atoms with Gasteiger partial charge in [-0.25, -0.2) is 0 Å². The Morgan fingerprint density at radius 3 is 2.69 bits per heavy atom. The van der Waals surface area contributed by atoms with Gasteiger partial charge in [-0.15, -0.1) is 0 Å². The smallest absolute Gasteiger partial charge is 0.384 e. The van der Waals surface area contributed by atoms with Crippen molar-refractivity contribution in [1.82, 2.24) is 0 Å². The Hall–Kier alpha value is -3.05. The van der Waals surface area contributed by atoms with Crippen LogP contribution in [0.4, 0.5) is 18.9 Å². The van der Waals surface area contributed by atoms with Crippen LogP contribution in [-0.2, 0) is 11.0 Å². The standard InChI is InChI=1S/C21H16F3N3OS/c22-21(23,24)13-3-1-4-14(9-13)27-16-5-2-6-17(28)19(16)18(12-7-8-29-11-12)15(10-25)20(27)26/h1,3-4,7-9,11,18H,2,5-6,26H2/t18-/m1/s1. The Labute approximate surface area is 169 Å². The summed E-state index contributed by atoms with van der Waals surface area (Å²) < 4.78 is 39.7. The van der Waals surface area contributed by atoms with Crippen LogP contribution in [0.1, 0.15) is 36.3 Å². The Bertz CT molecular complexity index is 1080. The summed E-state index contributed by atoms with van der Waals surface area (Å²) in [6.45, 7) is 0. The molecule has 1 aliphatic heterocycles. The number of carbonyl (C=O) groups is 1. The molecule has 29 heavy (non-hydrogen) atoms. The number of Topliss-reactive ketones (excluding diaryl/α,β-unsaturated/α-hetero) is 1. The summed E-state index contributed by atoms with van der Waals surface area (Å²) >= 11 is 1.44. The van der Waals surface area contributed by atoms with E-state index in [1.807, 2.05) is 16.8 Å². The normalized spacial score (nSPS) is 20.0. The average molecular weight is 415 g/mol. The summed E-state index contributed by atoms with van der Waals surface area (Å²) in [4.78, 5) is 14.3. The number of rotatable bonds is 2. The van der Waals surface area contributed by atoms with Gasteiger partial charge in [0.1, 0.15) is 5.82 Å². The van der Waals surface area contributed by atoms with Gasteiger partial charge in [0, 0.05) is 23.4 Å². The van der Waals surface area contributed by atoms with Crippen molar-refractivity contribution < 1.29 is 18.0 Å². The van der Waals surface area contributed by atoms with Gasteiger partial charge in [0.05, 0.1) is 23.1 Å². The summed E-state index contributed by atoms with van der Waals surface area (Å²) in [5, 5.41) is 13.5. The third-order valence-corrected chi connectivity index (χ3v) is 5.92. The van der Waals surface area contributed by atoms with Gasteiger partial charge in [-0.3, -0.25) is 9.69 Å². The number of alkyl halides is 3. The molecule has 148 valence electrons. The minimum Gasteiger partial charge on any atom is -0.384 e. The number of carbonyl (C=O) groups excluding carboxylic acids is 1. The molecule has 1 aliphatic carbocycles. The first kappa shape index (κ1) is 19.3. The van der Waals surface area contributed by atoms with Crippen molar-refractivity contribution in [1.29, 1.82) is 5.26 Å². The zero-order valence-corrected chi connectivity index (χ0v) is 16.0. The number of nitrogens with two attached hydrogens (primary N) is 1. The van der Waals surface area contributed by atoms with Crippen molar-refractivity contribution in [2.45, 2.75) is 31.4 Å². The monoisotopic (exact) mass is 415 g/mol. The summed E-state index contributed by atoms with van der Waals surface area (Å²) in [7, 11) is 0. The van der Waals surface area contributed by atoms with Crippen LogP contribution < -0.4 is 10.6 Å². The van der Waals surface area contributed by atoms with Crippen LogP contribution in [0.3, 0.4) is 0 Å². The Morgan fingerprint density at radius 1 is 1.24 bits per heavy atom. The maximum Gasteiger partial charge on any atom is 0.416 e. The van der Waals surface area contributed by atoms with E-state index >= 15 is 0 Å². The lowest BCUT2D eigenvalue weighted by Gasteiger charge is -2.39. The molecular weight excluding hydrogens is 399 g/mol. The molecule has 0 spiro atoms. The third-order valence-electron chi connectivity index (χ3n) is 5.22. The highest BCUT2D eigenvalue weighted by molar-refractivity contribution is 7.08. The molecule has 1 aromatic heterocycles. The Balaban J connectivity index is 1.95. The van der Waals surface area contributed by atoms with Gasteiger partial charge >= 0.3 is 6.18 Å². The summed E-state index contributed by atoms with van der Waals surface area (Å²) in [6, 6.07) is 8.72. The quantitative estimate of drug-likeness (QED) is 0.743. The van der Waals surface area contributed by atoms with Gasteiger partial charge in [0.25, 0.3) is 0 Å². The van der Waals surface area contributed by atoms with Gasteiger partial charge in [-0.05, 0) is 53.4 Å². The van der Waals surface area contributed by atoms with Crippen LogP contribution in [0.5, 0.6) is 0 Å². The van der Waals surface area contributed by atoms with Gasteiger partial charge < -0.3 is 5.73 Å². The second-order valence-corrected chi connectivity index (χ2v) is 7.70. The second-order valence-electron chi connectivity index (χ2n) is 6.92. The molecular formula is C21H16F3N3OS. The number of allylic oxidation sites excluding steroid dienone is 3. The number of anilines is 1. The molecule has 0 radical (unpaired) electrons. The molecule has 8 heteroatoms. The van der Waals surface area contributed by atoms with E-state index in [9.17, 15) is 23.2 Å². The Kier molecular flexibility index (Phi) is 4.71. The molecule has 1 atom stereocenters. The predicted molar refractivity (Wildman–Crippen MR) is 104 cm³/mol. The van der Waals surface area contributed by atoms with Crippen molar-refractivity contribution in [3.05, 3.63) is 74.9 Å². The van der Waals surface area contributed by atoms with E-state index in [0.29, 0.717) is 30.5 Å². The van der Waals surface area contributed by atoms with E-state index in [4.69, 9.17) is 5.73 Å². The molecule has 4 nitrogen and oxygen atoms in total. The average Bonchev–Trinajstić information content (AvgIpc) is 3.21. The van der Waals surface area contributed by atoms with E-state index in [2.05, 4.69) is 6.07 Å². The molecule has 4 rings (SSSR count). The van der Waals surface area contributed by atoms with E-state index < -0.39 is 17.7 Å². The first-order chi connectivity index (χ1) is 13.8. The van der Waals surface area contributed by atoms with Crippen molar-refractivity contribution in [2.75, 3.05) is 4.90 Å². The molecule has 0 fully saturated rings. The van der Waals surface area contributed by atoms with Crippen molar-refractivity contribution in [3.8, 4) is 6.07 Å². The molecule has 0 unspecified atom stereocenters. The zero-order valence-electron chi connectivity index (χ0n) is 15.2. The van der Waals surface area contributed by atoms with Gasteiger partial charge in [-0.2, -0.15) is 29.8 Å². The highest BCUT2D eigenvalue weighted by atomic mass is 32.1. The van der Waals surface area contributed by atoms with Crippen molar-refractivity contribution in [3.63, 3.8) is 0 Å². The predicted octanol–water partition coefficient (Wildman–Crippen LogP) is 5.07. The molecule has 0 saturated heterocycles. The second kappa shape index (κ2) is 7.08. The number of hydrogen-bond acceptors (Lipinski definition) is 5. The number of nitriles is 1. The van der Waals surface area contributed by atoms with Crippen LogP contribution in [-0.4, -0.2) is 5.78 Å². The molecule has 0 bridgehead atoms. The molecule has 2 aliphatic rings. The Morgan fingerprint density at radius 2 is 2.03 bits per heavy atom. The molecule has 2 heterocycles. The zero-order chi connectivity index (χ0) is 20.8. The molecule has 2 aromatic rings. The first-order valence-electron chi connectivity index (χ1n) is 8.98. The summed E-state index contributed by atoms with van der Waals surface area (Å²) in [5.74, 6) is -0.618. The minimum atomic E-state index is -4.51. The van der Waals surface area contributed by atoms with Crippen molar-refractivity contribution in [2.24, 2.45) is 5.73 Å². The SMILES string of the molecule is N#CC1=C(N)N(c2cccc(C(F)(F)F)c2)C2=C(C(=O)CCC2)[C@@H]1c1ccsc1. The number of thiophene rings is 1. The lowest BCUT2D eigenvalue weighted by molar-refractivity contribution is -0.137. The fourth-order valence-electron chi connectivity index (χ4n) is 3.98. The van der Waals surface area contributed by atoms with Crippen LogP contribution in [0.15, 0.2) is 63.8 Å². The van der Waals surface area contributed by atoms with Crippen molar-refractivity contribution >= 4 is 22.8 Å². The molecule has 2 N–H and O–H groups in total. The van der Waals surface area contributed by atoms with E-state index in [1.165, 1.54) is 28.4 Å². The molecule has 0 saturated carbocycles. The van der Waals surface area contributed by atoms with E-state index in [0.717, 1.165) is 17.7 Å². The van der Waals surface area contributed by atoms with Crippen LogP contribution in [0, 0.1) is 11.3 Å². The van der Waals surface area contributed by atoms with Crippen LogP contribution in [0.25, 0.3) is 0 Å². The van der Waals surface area contributed by atoms with Gasteiger partial charge in [-0.1, -0.05) is 6.07 Å². The maximum atomic E-state index is 13.2. The number of nitrogens with zero attached hydrogens (tertiary/aromatic N) is 2. The fourth-order valence-corrected chi connectivity index (χ4v) is 4.66. The largest absolute Gasteiger partial charge is 0.416 e. The van der Waals surface area contributed by atoms with Gasteiger partial charge in [0.15, 0.2) is 5.78 Å². The van der Waals surface area contributed by atoms with Crippen LogP contribution in [0.2, 0.25) is 0 Å². The molecule has 0 amide bonds. The highest BCUT2D eigenvalue weighted by Gasteiger charge is 2.41. The number of benzene rings is 1. The topological polar surface area (TPSA) is 70.1 Å². The number of hydrogen-bond donors (Lipinski definition) is 1. The minimum absolute atomic E-state index is 0.0662. The number of ketones is 1. The van der Waals surface area contributed by atoms with E-state index in [-0.39, 0.29) is 22.9 Å².